The summed E-state index contributed by atoms with van der Waals surface area (Å²) >= 11 is 0. The van der Waals surface area contributed by atoms with Crippen LogP contribution in [0.4, 0.5) is 4.79 Å². The molecule has 1 heterocycles. The fourth-order valence-electron chi connectivity index (χ4n) is 2.84. The van der Waals surface area contributed by atoms with Gasteiger partial charge in [-0.15, -0.1) is 0 Å². The Labute approximate surface area is 153 Å². The maximum absolute atomic E-state index is 12.7. The van der Waals surface area contributed by atoms with Gasteiger partial charge in [-0.25, -0.2) is 17.9 Å². The second-order valence-electron chi connectivity index (χ2n) is 5.87. The van der Waals surface area contributed by atoms with Crippen LogP contribution in [0.1, 0.15) is 12.0 Å². The molecule has 1 aliphatic heterocycles. The molecule has 11 heteroatoms. The first-order chi connectivity index (χ1) is 12.2. The van der Waals surface area contributed by atoms with Crippen LogP contribution in [-0.4, -0.2) is 59.1 Å². The van der Waals surface area contributed by atoms with Gasteiger partial charge in [-0.3, -0.25) is 9.46 Å². The van der Waals surface area contributed by atoms with Crippen molar-refractivity contribution in [3.63, 3.8) is 0 Å². The van der Waals surface area contributed by atoms with Crippen molar-refractivity contribution in [3.8, 4) is 0 Å². The SMILES string of the molecule is COC(=O)N1C[C@@H](NS(=O)(=O)c2ccc(C)cc2)C[C@H]1P(=O)(OC)OC. The number of hydrogen-bond acceptors (Lipinski definition) is 7. The number of aryl methyl sites for hydroxylation is 1. The lowest BCUT2D eigenvalue weighted by atomic mass is 10.2. The molecule has 2 atom stereocenters. The van der Waals surface area contributed by atoms with Gasteiger partial charge in [-0.1, -0.05) is 17.7 Å². The number of hydrogen-bond donors (Lipinski definition) is 1. The average Bonchev–Trinajstić information content (AvgIpc) is 3.04. The first-order valence-corrected chi connectivity index (χ1v) is 10.9. The molecular weight excluding hydrogens is 383 g/mol. The van der Waals surface area contributed by atoms with Crippen molar-refractivity contribution < 1.29 is 31.6 Å². The van der Waals surface area contributed by atoms with Gasteiger partial charge in [-0.05, 0) is 25.5 Å². The molecular formula is C15H23N2O7PS. The smallest absolute Gasteiger partial charge is 0.410 e. The Morgan fingerprint density at radius 1 is 1.19 bits per heavy atom. The molecule has 0 bridgehead atoms. The monoisotopic (exact) mass is 406 g/mol. The first kappa shape index (κ1) is 20.9. The summed E-state index contributed by atoms with van der Waals surface area (Å²) in [6.07, 6.45) is -0.666. The maximum atomic E-state index is 12.7. The summed E-state index contributed by atoms with van der Waals surface area (Å²) < 4.78 is 55.1. The highest BCUT2D eigenvalue weighted by Gasteiger charge is 2.48. The van der Waals surface area contributed by atoms with Crippen molar-refractivity contribution in [1.82, 2.24) is 9.62 Å². The third-order valence-corrected chi connectivity index (χ3v) is 7.98. The van der Waals surface area contributed by atoms with Crippen molar-refractivity contribution in [2.45, 2.75) is 30.1 Å². The van der Waals surface area contributed by atoms with Gasteiger partial charge in [0.1, 0.15) is 5.78 Å². The topological polar surface area (TPSA) is 111 Å². The maximum Gasteiger partial charge on any atom is 0.410 e. The molecule has 26 heavy (non-hydrogen) atoms. The summed E-state index contributed by atoms with van der Waals surface area (Å²) in [4.78, 5) is 13.3. The summed E-state index contributed by atoms with van der Waals surface area (Å²) in [6, 6.07) is 5.71. The lowest BCUT2D eigenvalue weighted by molar-refractivity contribution is 0.121. The molecule has 9 nitrogen and oxygen atoms in total. The number of nitrogens with zero attached hydrogens (tertiary/aromatic N) is 1. The number of sulfonamides is 1. The number of amides is 1. The standard InChI is InChI=1S/C15H23N2O7PS/c1-11-5-7-13(8-6-11)26(20,21)16-12-9-14(25(19,23-3)24-4)17(10-12)15(18)22-2/h5-8,12,14,16H,9-10H2,1-4H3/t12-,14+/m0/s1. The van der Waals surface area contributed by atoms with Crippen molar-refractivity contribution in [1.29, 1.82) is 0 Å². The molecule has 146 valence electrons. The molecule has 1 fully saturated rings. The molecule has 1 amide bonds. The van der Waals surface area contributed by atoms with Crippen LogP contribution in [0.25, 0.3) is 0 Å². The minimum Gasteiger partial charge on any atom is -0.453 e. The average molecular weight is 406 g/mol. The van der Waals surface area contributed by atoms with Gasteiger partial charge in [0.15, 0.2) is 0 Å². The lowest BCUT2D eigenvalue weighted by Crippen LogP contribution is -2.39. The van der Waals surface area contributed by atoms with Gasteiger partial charge in [0.2, 0.25) is 10.0 Å². The van der Waals surface area contributed by atoms with E-state index in [4.69, 9.17) is 13.8 Å². The third kappa shape index (κ3) is 4.27. The fourth-order valence-corrected chi connectivity index (χ4v) is 5.76. The van der Waals surface area contributed by atoms with Crippen molar-refractivity contribution in [2.75, 3.05) is 27.9 Å². The molecule has 1 aliphatic rings. The number of methoxy groups -OCH3 is 1. The van der Waals surface area contributed by atoms with Crippen LogP contribution in [0.15, 0.2) is 29.2 Å². The van der Waals surface area contributed by atoms with Crippen LogP contribution in [0.2, 0.25) is 0 Å². The minimum atomic E-state index is -3.80. The summed E-state index contributed by atoms with van der Waals surface area (Å²) in [5.41, 5.74) is 0.933. The van der Waals surface area contributed by atoms with Gasteiger partial charge < -0.3 is 13.8 Å². The predicted molar refractivity (Wildman–Crippen MR) is 94.4 cm³/mol. The summed E-state index contributed by atoms with van der Waals surface area (Å²) in [5.74, 6) is -0.948. The van der Waals surface area contributed by atoms with E-state index in [1.807, 2.05) is 6.92 Å². The van der Waals surface area contributed by atoms with Crippen LogP contribution in [0.5, 0.6) is 0 Å². The first-order valence-electron chi connectivity index (χ1n) is 7.81. The fraction of sp³-hybridized carbons (Fsp3) is 0.533. The number of ether oxygens (including phenoxy) is 1. The van der Waals surface area contributed by atoms with E-state index in [9.17, 15) is 17.8 Å². The molecule has 1 aromatic rings. The molecule has 0 aliphatic carbocycles. The van der Waals surface area contributed by atoms with Gasteiger partial charge in [0, 0.05) is 26.8 Å². The predicted octanol–water partition coefficient (Wildman–Crippen LogP) is 1.93. The molecule has 1 aromatic carbocycles. The Bertz CT molecular complexity index is 789. The minimum absolute atomic E-state index is 0.0147. The molecule has 0 saturated carbocycles. The van der Waals surface area contributed by atoms with E-state index in [1.54, 1.807) is 12.1 Å². The number of carbonyl (C=O) groups is 1. The highest BCUT2D eigenvalue weighted by molar-refractivity contribution is 7.89. The van der Waals surface area contributed by atoms with Crippen LogP contribution >= 0.6 is 7.60 Å². The zero-order chi connectivity index (χ0) is 19.5. The molecule has 0 radical (unpaired) electrons. The highest BCUT2D eigenvalue weighted by atomic mass is 32.2. The number of nitrogens with one attached hydrogen (secondary N) is 1. The molecule has 0 unspecified atom stereocenters. The van der Waals surface area contributed by atoms with Gasteiger partial charge in [-0.2, -0.15) is 0 Å². The van der Waals surface area contributed by atoms with Gasteiger partial charge in [0.05, 0.1) is 12.0 Å². The second kappa shape index (κ2) is 8.06. The molecule has 1 N–H and O–H groups in total. The Morgan fingerprint density at radius 2 is 1.77 bits per heavy atom. The molecule has 0 spiro atoms. The van der Waals surface area contributed by atoms with Gasteiger partial charge in [0.25, 0.3) is 0 Å². The number of benzene rings is 1. The summed E-state index contributed by atoms with van der Waals surface area (Å²) in [7, 11) is -3.83. The Kier molecular flexibility index (Phi) is 6.46. The lowest BCUT2D eigenvalue weighted by Gasteiger charge is -2.27. The zero-order valence-electron chi connectivity index (χ0n) is 15.0. The van der Waals surface area contributed by atoms with E-state index in [0.29, 0.717) is 0 Å². The van der Waals surface area contributed by atoms with E-state index in [2.05, 4.69) is 4.72 Å². The van der Waals surface area contributed by atoms with Crippen LogP contribution in [0.3, 0.4) is 0 Å². The Balaban J connectivity index is 2.24. The summed E-state index contributed by atoms with van der Waals surface area (Å²) in [6.45, 7) is 1.84. The van der Waals surface area contributed by atoms with Crippen LogP contribution in [-0.2, 0) is 28.4 Å². The number of carbonyl (C=O) groups excluding carboxylic acids is 1. The Morgan fingerprint density at radius 3 is 2.27 bits per heavy atom. The number of likely N-dealkylation sites (tertiary alicyclic amines) is 1. The third-order valence-electron chi connectivity index (χ3n) is 4.21. The van der Waals surface area contributed by atoms with Crippen molar-refractivity contribution in [3.05, 3.63) is 29.8 Å². The molecule has 0 aromatic heterocycles. The highest BCUT2D eigenvalue weighted by Crippen LogP contribution is 2.56. The molecule has 1 saturated heterocycles. The van der Waals surface area contributed by atoms with Crippen LogP contribution in [0, 0.1) is 6.92 Å². The Hall–Kier alpha value is -1.45. The number of rotatable bonds is 6. The van der Waals surface area contributed by atoms with Gasteiger partial charge >= 0.3 is 13.7 Å². The normalized spacial score (nSPS) is 21.0. The van der Waals surface area contributed by atoms with E-state index in [-0.39, 0.29) is 17.9 Å². The van der Waals surface area contributed by atoms with Crippen LogP contribution < -0.4 is 4.72 Å². The quantitative estimate of drug-likeness (QED) is 0.719. The second-order valence-corrected chi connectivity index (χ2v) is 9.99. The van der Waals surface area contributed by atoms with E-state index >= 15 is 0 Å². The molecule has 2 rings (SSSR count). The van der Waals surface area contributed by atoms with Crippen molar-refractivity contribution in [2.24, 2.45) is 0 Å². The van der Waals surface area contributed by atoms with E-state index in [0.717, 1.165) is 10.5 Å². The van der Waals surface area contributed by atoms with E-state index < -0.39 is 35.5 Å². The summed E-state index contributed by atoms with van der Waals surface area (Å²) in [5, 5.41) is 0. The van der Waals surface area contributed by atoms with E-state index in [1.165, 1.54) is 33.5 Å². The largest absolute Gasteiger partial charge is 0.453 e. The van der Waals surface area contributed by atoms with Crippen molar-refractivity contribution >= 4 is 23.7 Å². The zero-order valence-corrected chi connectivity index (χ0v) is 16.7.